The molecule has 0 aliphatic rings. The summed E-state index contributed by atoms with van der Waals surface area (Å²) in [5, 5.41) is 3.22. The van der Waals surface area contributed by atoms with Crippen LogP contribution in [0.1, 0.15) is 17.1 Å². The third-order valence-corrected chi connectivity index (χ3v) is 2.32. The molecule has 2 heteroatoms. The molecule has 2 rings (SSSR count). The maximum absolute atomic E-state index is 5.44. The van der Waals surface area contributed by atoms with Crippen molar-refractivity contribution in [3.8, 4) is 11.8 Å². The largest absolute Gasteiger partial charge is 0.465 e. The SMILES string of the molecule is Cc1ccc(CNCC#Cc2ccccc2)o1. The summed E-state index contributed by atoms with van der Waals surface area (Å²) in [7, 11) is 0. The molecule has 0 aliphatic heterocycles. The first-order valence-corrected chi connectivity index (χ1v) is 5.64. The van der Waals surface area contributed by atoms with Crippen molar-refractivity contribution in [2.75, 3.05) is 6.54 Å². The molecule has 0 saturated carbocycles. The number of benzene rings is 1. The zero-order valence-electron chi connectivity index (χ0n) is 9.86. The summed E-state index contributed by atoms with van der Waals surface area (Å²) in [4.78, 5) is 0. The van der Waals surface area contributed by atoms with E-state index in [9.17, 15) is 0 Å². The van der Waals surface area contributed by atoms with Gasteiger partial charge in [-0.05, 0) is 31.2 Å². The highest BCUT2D eigenvalue weighted by Crippen LogP contribution is 2.04. The van der Waals surface area contributed by atoms with E-state index in [2.05, 4.69) is 17.2 Å². The van der Waals surface area contributed by atoms with Crippen molar-refractivity contribution in [1.29, 1.82) is 0 Å². The van der Waals surface area contributed by atoms with Crippen LogP contribution in [0.25, 0.3) is 0 Å². The molecule has 0 fully saturated rings. The van der Waals surface area contributed by atoms with Crippen molar-refractivity contribution in [2.24, 2.45) is 0 Å². The summed E-state index contributed by atoms with van der Waals surface area (Å²) >= 11 is 0. The minimum Gasteiger partial charge on any atom is -0.465 e. The van der Waals surface area contributed by atoms with E-state index >= 15 is 0 Å². The van der Waals surface area contributed by atoms with Crippen molar-refractivity contribution in [3.63, 3.8) is 0 Å². The highest BCUT2D eigenvalue weighted by Gasteiger charge is 1.95. The quantitative estimate of drug-likeness (QED) is 0.642. The predicted octanol–water partition coefficient (Wildman–Crippen LogP) is 2.73. The Bertz CT molecular complexity index is 517. The van der Waals surface area contributed by atoms with Gasteiger partial charge in [0.05, 0.1) is 13.1 Å². The van der Waals surface area contributed by atoms with Gasteiger partial charge in [0.15, 0.2) is 0 Å². The molecule has 1 aromatic carbocycles. The first-order valence-electron chi connectivity index (χ1n) is 5.64. The lowest BCUT2D eigenvalue weighted by atomic mass is 10.2. The van der Waals surface area contributed by atoms with Gasteiger partial charge < -0.3 is 4.42 Å². The minimum atomic E-state index is 0.661. The Kier molecular flexibility index (Phi) is 4.01. The van der Waals surface area contributed by atoms with Gasteiger partial charge in [-0.3, -0.25) is 5.32 Å². The molecule has 1 heterocycles. The molecule has 2 nitrogen and oxygen atoms in total. The Morgan fingerprint density at radius 2 is 1.94 bits per heavy atom. The summed E-state index contributed by atoms with van der Waals surface area (Å²) in [5.41, 5.74) is 1.04. The molecule has 0 amide bonds. The smallest absolute Gasteiger partial charge is 0.117 e. The maximum Gasteiger partial charge on any atom is 0.117 e. The van der Waals surface area contributed by atoms with Crippen LogP contribution in [-0.4, -0.2) is 6.54 Å². The van der Waals surface area contributed by atoms with Crippen molar-refractivity contribution in [3.05, 3.63) is 59.5 Å². The third-order valence-electron chi connectivity index (χ3n) is 2.32. The van der Waals surface area contributed by atoms with Crippen LogP contribution in [0.2, 0.25) is 0 Å². The van der Waals surface area contributed by atoms with E-state index < -0.39 is 0 Å². The van der Waals surface area contributed by atoms with Crippen LogP contribution in [0.4, 0.5) is 0 Å². The Balaban J connectivity index is 1.75. The summed E-state index contributed by atoms with van der Waals surface area (Å²) in [6, 6.07) is 13.9. The maximum atomic E-state index is 5.44. The molecule has 0 bridgehead atoms. The van der Waals surface area contributed by atoms with Crippen LogP contribution in [0.5, 0.6) is 0 Å². The average molecular weight is 225 g/mol. The second kappa shape index (κ2) is 5.93. The summed E-state index contributed by atoms with van der Waals surface area (Å²) in [5.74, 6) is 8.06. The van der Waals surface area contributed by atoms with E-state index in [-0.39, 0.29) is 0 Å². The topological polar surface area (TPSA) is 25.2 Å². The van der Waals surface area contributed by atoms with Crippen LogP contribution in [0.3, 0.4) is 0 Å². The Hall–Kier alpha value is -1.98. The zero-order chi connectivity index (χ0) is 11.9. The molecule has 0 spiro atoms. The fourth-order valence-corrected chi connectivity index (χ4v) is 1.50. The lowest BCUT2D eigenvalue weighted by molar-refractivity contribution is 0.468. The number of hydrogen-bond donors (Lipinski definition) is 1. The summed E-state index contributed by atoms with van der Waals surface area (Å²) in [6.07, 6.45) is 0. The van der Waals surface area contributed by atoms with E-state index in [0.29, 0.717) is 6.54 Å². The molecule has 1 N–H and O–H groups in total. The number of nitrogens with one attached hydrogen (secondary N) is 1. The van der Waals surface area contributed by atoms with Crippen molar-refractivity contribution in [2.45, 2.75) is 13.5 Å². The van der Waals surface area contributed by atoms with Gasteiger partial charge in [-0.15, -0.1) is 0 Å². The van der Waals surface area contributed by atoms with Crippen LogP contribution >= 0.6 is 0 Å². The Morgan fingerprint density at radius 1 is 1.12 bits per heavy atom. The monoisotopic (exact) mass is 225 g/mol. The van der Waals surface area contributed by atoms with Gasteiger partial charge in [0.1, 0.15) is 11.5 Å². The van der Waals surface area contributed by atoms with Crippen molar-refractivity contribution < 1.29 is 4.42 Å². The van der Waals surface area contributed by atoms with Crippen LogP contribution in [-0.2, 0) is 6.54 Å². The van der Waals surface area contributed by atoms with Crippen LogP contribution in [0, 0.1) is 18.8 Å². The van der Waals surface area contributed by atoms with Gasteiger partial charge in [0, 0.05) is 5.56 Å². The number of furan rings is 1. The molecule has 17 heavy (non-hydrogen) atoms. The summed E-state index contributed by atoms with van der Waals surface area (Å²) < 4.78 is 5.44. The number of hydrogen-bond acceptors (Lipinski definition) is 2. The van der Waals surface area contributed by atoms with E-state index in [0.717, 1.165) is 23.6 Å². The van der Waals surface area contributed by atoms with Gasteiger partial charge in [-0.1, -0.05) is 30.0 Å². The summed E-state index contributed by atoms with van der Waals surface area (Å²) in [6.45, 7) is 3.32. The van der Waals surface area contributed by atoms with E-state index in [1.54, 1.807) is 0 Å². The molecule has 0 unspecified atom stereocenters. The molecule has 0 aliphatic carbocycles. The molecule has 0 radical (unpaired) electrons. The second-order valence-corrected chi connectivity index (χ2v) is 3.78. The van der Waals surface area contributed by atoms with Gasteiger partial charge in [-0.2, -0.15) is 0 Å². The lowest BCUT2D eigenvalue weighted by Crippen LogP contribution is -2.12. The fourth-order valence-electron chi connectivity index (χ4n) is 1.50. The molecule has 0 atom stereocenters. The lowest BCUT2D eigenvalue weighted by Gasteiger charge is -1.95. The minimum absolute atomic E-state index is 0.661. The molecule has 0 saturated heterocycles. The molecule has 1 aromatic heterocycles. The van der Waals surface area contributed by atoms with E-state index in [1.165, 1.54) is 0 Å². The van der Waals surface area contributed by atoms with Gasteiger partial charge in [0.2, 0.25) is 0 Å². The average Bonchev–Trinajstić information content (AvgIpc) is 2.76. The van der Waals surface area contributed by atoms with Gasteiger partial charge in [0.25, 0.3) is 0 Å². The normalized spacial score (nSPS) is 9.71. The van der Waals surface area contributed by atoms with E-state index in [4.69, 9.17) is 4.42 Å². The first-order chi connectivity index (χ1) is 8.34. The Labute approximate surface area is 102 Å². The van der Waals surface area contributed by atoms with E-state index in [1.807, 2.05) is 49.4 Å². The zero-order valence-corrected chi connectivity index (χ0v) is 9.86. The van der Waals surface area contributed by atoms with Gasteiger partial charge in [-0.25, -0.2) is 0 Å². The molecular formula is C15H15NO. The fraction of sp³-hybridized carbons (Fsp3) is 0.200. The standard InChI is InChI=1S/C15H15NO/c1-13-9-10-15(17-13)12-16-11-5-8-14-6-3-2-4-7-14/h2-4,6-7,9-10,16H,11-12H2,1H3. The van der Waals surface area contributed by atoms with Crippen molar-refractivity contribution in [1.82, 2.24) is 5.32 Å². The van der Waals surface area contributed by atoms with Crippen LogP contribution < -0.4 is 5.32 Å². The number of rotatable bonds is 3. The third kappa shape index (κ3) is 3.82. The van der Waals surface area contributed by atoms with Crippen LogP contribution in [0.15, 0.2) is 46.9 Å². The molecular weight excluding hydrogens is 210 g/mol. The van der Waals surface area contributed by atoms with Crippen molar-refractivity contribution >= 4 is 0 Å². The number of aryl methyl sites for hydroxylation is 1. The molecule has 86 valence electrons. The second-order valence-electron chi connectivity index (χ2n) is 3.78. The predicted molar refractivity (Wildman–Crippen MR) is 68.5 cm³/mol. The first kappa shape index (κ1) is 11.5. The highest BCUT2D eigenvalue weighted by atomic mass is 16.3. The molecule has 2 aromatic rings. The van der Waals surface area contributed by atoms with Gasteiger partial charge >= 0.3 is 0 Å². The Morgan fingerprint density at radius 3 is 2.65 bits per heavy atom. The highest BCUT2D eigenvalue weighted by molar-refractivity contribution is 5.33.